The average Bonchev–Trinajstić information content (AvgIpc) is 3.77. The van der Waals surface area contributed by atoms with Crippen molar-refractivity contribution >= 4 is 54.4 Å². The lowest BCUT2D eigenvalue weighted by Gasteiger charge is -2.14. The first-order valence-corrected chi connectivity index (χ1v) is 18.2. The topological polar surface area (TPSA) is 48.5 Å². The molecule has 0 amide bonds. The van der Waals surface area contributed by atoms with E-state index >= 15 is 0 Å². The second kappa shape index (κ2) is 12.1. The molecular weight excluding hydrogens is 659 g/mol. The van der Waals surface area contributed by atoms with Gasteiger partial charge in [0.25, 0.3) is 0 Å². The van der Waals surface area contributed by atoms with E-state index in [1.165, 1.54) is 21.5 Å². The molecule has 0 spiro atoms. The summed E-state index contributed by atoms with van der Waals surface area (Å²) in [6.07, 6.45) is 0. The van der Waals surface area contributed by atoms with Gasteiger partial charge in [-0.2, -0.15) is 9.97 Å². The normalized spacial score (nSPS) is 11.7. The van der Waals surface area contributed by atoms with Gasteiger partial charge in [0, 0.05) is 38.4 Å². The van der Waals surface area contributed by atoms with Crippen LogP contribution in [0.1, 0.15) is 0 Å². The van der Waals surface area contributed by atoms with Crippen molar-refractivity contribution in [2.45, 2.75) is 0 Å². The van der Waals surface area contributed by atoms with Gasteiger partial charge in [0.1, 0.15) is 0 Å². The fourth-order valence-electron chi connectivity index (χ4n) is 8.15. The second-order valence-corrected chi connectivity index (χ2v) is 13.7. The third-order valence-electron chi connectivity index (χ3n) is 10.5. The monoisotopic (exact) mass is 689 g/mol. The predicted octanol–water partition coefficient (Wildman–Crippen LogP) is 12.2. The quantitative estimate of drug-likeness (QED) is 0.181. The van der Waals surface area contributed by atoms with Crippen molar-refractivity contribution in [2.75, 3.05) is 0 Å². The molecule has 252 valence electrons. The van der Waals surface area contributed by atoms with E-state index in [-0.39, 0.29) is 0 Å². The summed E-state index contributed by atoms with van der Waals surface area (Å²) < 4.78 is 4.68. The number of aromatic nitrogens is 5. The number of hydrogen-bond acceptors (Lipinski definition) is 3. The van der Waals surface area contributed by atoms with Crippen molar-refractivity contribution < 1.29 is 0 Å². The molecule has 0 N–H and O–H groups in total. The molecule has 5 nitrogen and oxygen atoms in total. The summed E-state index contributed by atoms with van der Waals surface area (Å²) in [5.74, 6) is 1.82. The van der Waals surface area contributed by atoms with E-state index in [1.54, 1.807) is 0 Å². The van der Waals surface area contributed by atoms with Crippen LogP contribution in [0.5, 0.6) is 0 Å². The summed E-state index contributed by atoms with van der Waals surface area (Å²) in [5.41, 5.74) is 9.63. The number of para-hydroxylation sites is 3. The van der Waals surface area contributed by atoms with Crippen molar-refractivity contribution in [1.82, 2.24) is 24.1 Å². The molecule has 0 aliphatic heterocycles. The van der Waals surface area contributed by atoms with Crippen LogP contribution in [-0.2, 0) is 0 Å². The maximum absolute atomic E-state index is 5.25. The number of fused-ring (bicyclic) bond motifs is 8. The van der Waals surface area contributed by atoms with Crippen molar-refractivity contribution in [1.29, 1.82) is 0 Å². The Morgan fingerprint density at radius 2 is 0.889 bits per heavy atom. The maximum Gasteiger partial charge on any atom is 0.238 e. The van der Waals surface area contributed by atoms with Crippen molar-refractivity contribution in [2.24, 2.45) is 0 Å². The van der Waals surface area contributed by atoms with Crippen LogP contribution < -0.4 is 0 Å². The lowest BCUT2D eigenvalue weighted by molar-refractivity contribution is 0.953. The number of rotatable bonds is 5. The van der Waals surface area contributed by atoms with Crippen LogP contribution in [0.4, 0.5) is 0 Å². The zero-order valence-corrected chi connectivity index (χ0v) is 29.1. The number of hydrogen-bond donors (Lipinski definition) is 0. The van der Waals surface area contributed by atoms with Crippen LogP contribution in [0.15, 0.2) is 188 Å². The zero-order chi connectivity index (χ0) is 35.6. The molecule has 11 rings (SSSR count). The summed E-state index contributed by atoms with van der Waals surface area (Å²) in [6, 6.07) is 66.2. The molecule has 11 aromatic rings. The average molecular weight is 690 g/mol. The molecule has 0 aliphatic rings. The van der Waals surface area contributed by atoms with Gasteiger partial charge in [0.15, 0.2) is 11.6 Å². The van der Waals surface area contributed by atoms with Gasteiger partial charge in [-0.1, -0.05) is 152 Å². The Bertz CT molecular complexity index is 3140. The van der Waals surface area contributed by atoms with Gasteiger partial charge in [-0.25, -0.2) is 4.98 Å². The Kier molecular flexibility index (Phi) is 6.79. The van der Waals surface area contributed by atoms with Crippen LogP contribution in [0.3, 0.4) is 0 Å². The van der Waals surface area contributed by atoms with Gasteiger partial charge in [-0.05, 0) is 58.3 Å². The van der Waals surface area contributed by atoms with Crippen LogP contribution in [0.25, 0.3) is 99.9 Å². The molecule has 0 saturated carbocycles. The fraction of sp³-hybridized carbons (Fsp3) is 0. The Morgan fingerprint density at radius 1 is 0.352 bits per heavy atom. The summed E-state index contributed by atoms with van der Waals surface area (Å²) in [4.78, 5) is 15.5. The molecule has 0 fully saturated rings. The predicted molar refractivity (Wildman–Crippen MR) is 222 cm³/mol. The summed E-state index contributed by atoms with van der Waals surface area (Å²) in [6.45, 7) is 0. The van der Waals surface area contributed by atoms with Crippen LogP contribution >= 0.6 is 0 Å². The summed E-state index contributed by atoms with van der Waals surface area (Å²) >= 11 is 0. The van der Waals surface area contributed by atoms with Crippen LogP contribution in [0.2, 0.25) is 0 Å². The first kappa shape index (κ1) is 30.3. The van der Waals surface area contributed by atoms with Gasteiger partial charge in [-0.15, -0.1) is 0 Å². The van der Waals surface area contributed by atoms with Gasteiger partial charge >= 0.3 is 0 Å². The Balaban J connectivity index is 1.34. The van der Waals surface area contributed by atoms with Gasteiger partial charge in [0.05, 0.1) is 22.1 Å². The largest absolute Gasteiger partial charge is 0.309 e. The first-order chi connectivity index (χ1) is 26.8. The van der Waals surface area contributed by atoms with E-state index < -0.39 is 0 Å². The molecule has 0 bridgehead atoms. The molecule has 3 aromatic heterocycles. The Hall–Kier alpha value is -7.37. The molecule has 0 atom stereocenters. The van der Waals surface area contributed by atoms with Crippen molar-refractivity contribution in [3.63, 3.8) is 0 Å². The minimum Gasteiger partial charge on any atom is -0.309 e. The summed E-state index contributed by atoms with van der Waals surface area (Å²) in [7, 11) is 0. The maximum atomic E-state index is 5.25. The molecule has 0 unspecified atom stereocenters. The van der Waals surface area contributed by atoms with E-state index in [2.05, 4.69) is 161 Å². The molecule has 0 radical (unpaired) electrons. The van der Waals surface area contributed by atoms with E-state index in [9.17, 15) is 0 Å². The Morgan fingerprint density at radius 3 is 1.56 bits per heavy atom. The molecule has 54 heavy (non-hydrogen) atoms. The van der Waals surface area contributed by atoms with E-state index in [1.807, 2.05) is 36.4 Å². The minimum atomic E-state index is 0.570. The highest BCUT2D eigenvalue weighted by atomic mass is 15.2. The van der Waals surface area contributed by atoms with E-state index in [0.717, 1.165) is 60.8 Å². The smallest absolute Gasteiger partial charge is 0.238 e. The number of benzene rings is 8. The zero-order valence-electron chi connectivity index (χ0n) is 29.1. The third kappa shape index (κ3) is 4.69. The Labute approximate surface area is 311 Å². The van der Waals surface area contributed by atoms with Crippen LogP contribution in [0, 0.1) is 0 Å². The highest BCUT2D eigenvalue weighted by Crippen LogP contribution is 2.46. The van der Waals surface area contributed by atoms with E-state index in [4.69, 9.17) is 15.0 Å². The highest BCUT2D eigenvalue weighted by Gasteiger charge is 2.25. The third-order valence-corrected chi connectivity index (χ3v) is 10.5. The molecule has 5 heteroatoms. The lowest BCUT2D eigenvalue weighted by atomic mass is 9.95. The highest BCUT2D eigenvalue weighted by molar-refractivity contribution is 6.30. The van der Waals surface area contributed by atoms with Crippen molar-refractivity contribution in [3.8, 4) is 45.5 Å². The van der Waals surface area contributed by atoms with Gasteiger partial charge in [-0.3, -0.25) is 4.57 Å². The standard InChI is InChI=1S/C49H31N5/c1-4-17-33(18-5-1)47-50-48(34-19-6-2-7-20-34)52-49(51-47)54-42-27-15-13-25-39(42)45-43(54)31-40(36-29-28-32-16-10-11-21-35(32)30-36)44-38-24-12-14-26-41(38)53(46(44)45)37-22-8-3-9-23-37/h1-31H. The fourth-order valence-corrected chi connectivity index (χ4v) is 8.15. The van der Waals surface area contributed by atoms with Crippen LogP contribution in [-0.4, -0.2) is 24.1 Å². The first-order valence-electron chi connectivity index (χ1n) is 18.2. The SMILES string of the molecule is c1ccc(-c2nc(-c3ccccc3)nc(-n3c4ccccc4c4c3cc(-c3ccc5ccccc5c3)c3c5ccccc5n(-c5ccccc5)c34)n2)cc1. The number of nitrogens with zero attached hydrogens (tertiary/aromatic N) is 5. The van der Waals surface area contributed by atoms with E-state index in [0.29, 0.717) is 17.6 Å². The second-order valence-electron chi connectivity index (χ2n) is 13.7. The lowest BCUT2D eigenvalue weighted by Crippen LogP contribution is -2.06. The van der Waals surface area contributed by atoms with Gasteiger partial charge < -0.3 is 4.57 Å². The summed E-state index contributed by atoms with van der Waals surface area (Å²) in [5, 5.41) is 7.11. The molecule has 0 saturated heterocycles. The molecular formula is C49H31N5. The molecule has 3 heterocycles. The molecule has 8 aromatic carbocycles. The van der Waals surface area contributed by atoms with Gasteiger partial charge in [0.2, 0.25) is 5.95 Å². The molecule has 0 aliphatic carbocycles. The van der Waals surface area contributed by atoms with Crippen molar-refractivity contribution in [3.05, 3.63) is 188 Å². The minimum absolute atomic E-state index is 0.570.